The molecule has 0 saturated heterocycles. The molecule has 0 radical (unpaired) electrons. The maximum Gasteiger partial charge on any atom is 0.298 e. The molecular formula is C14H19N3O2. The molecule has 2 rings (SSSR count). The number of Topliss-reactive ketones (excluding diaryl/α,β-unsaturated/α-hetero) is 1. The van der Waals surface area contributed by atoms with E-state index in [4.69, 9.17) is 10.2 Å². The maximum absolute atomic E-state index is 11.1. The maximum atomic E-state index is 11.1. The number of nitrogens with zero attached hydrogens (tertiary/aromatic N) is 2. The van der Waals surface area contributed by atoms with Crippen LogP contribution in [0.5, 0.6) is 0 Å². The van der Waals surface area contributed by atoms with Crippen LogP contribution in [0.2, 0.25) is 0 Å². The van der Waals surface area contributed by atoms with Crippen LogP contribution in [0.4, 0.5) is 6.01 Å². The zero-order chi connectivity index (χ0) is 13.8. The van der Waals surface area contributed by atoms with Gasteiger partial charge in [-0.15, -0.1) is 0 Å². The first kappa shape index (κ1) is 13.5. The zero-order valence-corrected chi connectivity index (χ0v) is 11.3. The minimum Gasteiger partial charge on any atom is -0.423 e. The first-order chi connectivity index (χ1) is 9.10. The number of aromatic nitrogens is 1. The Kier molecular flexibility index (Phi) is 4.16. The number of hydrogen-bond acceptors (Lipinski definition) is 5. The molecule has 1 heterocycles. The number of aryl methyl sites for hydroxylation is 1. The van der Waals surface area contributed by atoms with Crippen LogP contribution in [-0.2, 0) is 4.79 Å². The second-order valence-corrected chi connectivity index (χ2v) is 4.70. The number of oxazole rings is 1. The minimum absolute atomic E-state index is 0.147. The first-order valence-electron chi connectivity index (χ1n) is 6.42. The monoisotopic (exact) mass is 261 g/mol. The molecule has 5 nitrogen and oxygen atoms in total. The lowest BCUT2D eigenvalue weighted by atomic mass is 10.2. The Morgan fingerprint density at radius 2 is 2.21 bits per heavy atom. The SMILES string of the molecule is CC(=O)CCN(CCN)c1nc2cc(C)ccc2o1. The molecule has 0 bridgehead atoms. The normalized spacial score (nSPS) is 10.9. The van der Waals surface area contributed by atoms with E-state index in [0.717, 1.165) is 16.7 Å². The Bertz CT molecular complexity index is 577. The molecule has 0 fully saturated rings. The number of rotatable bonds is 6. The van der Waals surface area contributed by atoms with Crippen molar-refractivity contribution in [2.45, 2.75) is 20.3 Å². The summed E-state index contributed by atoms with van der Waals surface area (Å²) in [6, 6.07) is 6.41. The van der Waals surface area contributed by atoms with Crippen molar-refractivity contribution in [2.75, 3.05) is 24.5 Å². The zero-order valence-electron chi connectivity index (χ0n) is 11.3. The predicted octanol–water partition coefficient (Wildman–Crippen LogP) is 1.88. The Morgan fingerprint density at radius 1 is 1.42 bits per heavy atom. The molecule has 19 heavy (non-hydrogen) atoms. The molecule has 0 atom stereocenters. The van der Waals surface area contributed by atoms with E-state index < -0.39 is 0 Å². The summed E-state index contributed by atoms with van der Waals surface area (Å²) < 4.78 is 5.72. The van der Waals surface area contributed by atoms with Crippen molar-refractivity contribution >= 4 is 22.9 Å². The van der Waals surface area contributed by atoms with E-state index in [9.17, 15) is 4.79 Å². The van der Waals surface area contributed by atoms with E-state index in [1.54, 1.807) is 6.92 Å². The summed E-state index contributed by atoms with van der Waals surface area (Å²) in [6.07, 6.45) is 0.470. The number of nitrogens with two attached hydrogens (primary N) is 1. The van der Waals surface area contributed by atoms with Crippen LogP contribution in [0, 0.1) is 6.92 Å². The third-order valence-corrected chi connectivity index (χ3v) is 2.94. The molecule has 2 aromatic rings. The molecule has 1 aromatic heterocycles. The molecule has 0 saturated carbocycles. The van der Waals surface area contributed by atoms with E-state index in [0.29, 0.717) is 32.1 Å². The van der Waals surface area contributed by atoms with Gasteiger partial charge in [-0.3, -0.25) is 4.79 Å². The summed E-state index contributed by atoms with van der Waals surface area (Å²) >= 11 is 0. The average molecular weight is 261 g/mol. The largest absolute Gasteiger partial charge is 0.423 e. The lowest BCUT2D eigenvalue weighted by Crippen LogP contribution is -2.31. The quantitative estimate of drug-likeness (QED) is 0.859. The van der Waals surface area contributed by atoms with Gasteiger partial charge < -0.3 is 15.1 Å². The highest BCUT2D eigenvalue weighted by Gasteiger charge is 2.14. The predicted molar refractivity (Wildman–Crippen MR) is 75.3 cm³/mol. The Morgan fingerprint density at radius 3 is 2.89 bits per heavy atom. The lowest BCUT2D eigenvalue weighted by Gasteiger charge is -2.18. The molecular weight excluding hydrogens is 242 g/mol. The molecule has 0 aliphatic rings. The Hall–Kier alpha value is -1.88. The van der Waals surface area contributed by atoms with Crippen LogP contribution < -0.4 is 10.6 Å². The topological polar surface area (TPSA) is 72.4 Å². The number of fused-ring (bicyclic) bond motifs is 1. The Balaban J connectivity index is 2.25. The number of carbonyl (C=O) groups is 1. The molecule has 1 aromatic carbocycles. The van der Waals surface area contributed by atoms with Crippen molar-refractivity contribution in [1.29, 1.82) is 0 Å². The first-order valence-corrected chi connectivity index (χ1v) is 6.42. The molecule has 0 unspecified atom stereocenters. The van der Waals surface area contributed by atoms with E-state index >= 15 is 0 Å². The summed E-state index contributed by atoms with van der Waals surface area (Å²) in [5.74, 6) is 0.147. The van der Waals surface area contributed by atoms with Gasteiger partial charge in [-0.1, -0.05) is 6.07 Å². The minimum atomic E-state index is 0.147. The van der Waals surface area contributed by atoms with Crippen LogP contribution in [0.3, 0.4) is 0 Å². The van der Waals surface area contributed by atoms with E-state index in [1.807, 2.05) is 30.0 Å². The van der Waals surface area contributed by atoms with Crippen molar-refractivity contribution in [3.8, 4) is 0 Å². The van der Waals surface area contributed by atoms with Gasteiger partial charge in [0.25, 0.3) is 6.01 Å². The van der Waals surface area contributed by atoms with E-state index in [-0.39, 0.29) is 5.78 Å². The molecule has 0 aliphatic carbocycles. The van der Waals surface area contributed by atoms with Gasteiger partial charge in [-0.25, -0.2) is 0 Å². The Labute approximate surface area is 112 Å². The summed E-state index contributed by atoms with van der Waals surface area (Å²) in [4.78, 5) is 17.5. The summed E-state index contributed by atoms with van der Waals surface area (Å²) in [6.45, 7) is 5.30. The number of hydrogen-bond donors (Lipinski definition) is 1. The highest BCUT2D eigenvalue weighted by molar-refractivity contribution is 5.77. The van der Waals surface area contributed by atoms with Crippen molar-refractivity contribution in [3.63, 3.8) is 0 Å². The number of carbonyl (C=O) groups excluding carboxylic acids is 1. The second-order valence-electron chi connectivity index (χ2n) is 4.70. The van der Waals surface area contributed by atoms with Crippen LogP contribution >= 0.6 is 0 Å². The average Bonchev–Trinajstić information content (AvgIpc) is 2.76. The number of benzene rings is 1. The van der Waals surface area contributed by atoms with Gasteiger partial charge in [-0.05, 0) is 31.5 Å². The molecule has 102 valence electrons. The second kappa shape index (κ2) is 5.84. The van der Waals surface area contributed by atoms with E-state index in [2.05, 4.69) is 4.98 Å². The van der Waals surface area contributed by atoms with Gasteiger partial charge in [0.15, 0.2) is 5.58 Å². The molecule has 5 heteroatoms. The van der Waals surface area contributed by atoms with Gasteiger partial charge >= 0.3 is 0 Å². The summed E-state index contributed by atoms with van der Waals surface area (Å²) in [5, 5.41) is 0. The fraction of sp³-hybridized carbons (Fsp3) is 0.429. The fourth-order valence-corrected chi connectivity index (χ4v) is 1.91. The highest BCUT2D eigenvalue weighted by atomic mass is 16.4. The van der Waals surface area contributed by atoms with Gasteiger partial charge in [0, 0.05) is 26.1 Å². The number of ketones is 1. The van der Waals surface area contributed by atoms with Gasteiger partial charge in [-0.2, -0.15) is 4.98 Å². The third kappa shape index (κ3) is 3.32. The van der Waals surface area contributed by atoms with Crippen LogP contribution in [0.25, 0.3) is 11.1 Å². The number of anilines is 1. The van der Waals surface area contributed by atoms with Crippen molar-refractivity contribution in [2.24, 2.45) is 5.73 Å². The van der Waals surface area contributed by atoms with Crippen molar-refractivity contribution < 1.29 is 9.21 Å². The molecule has 0 spiro atoms. The highest BCUT2D eigenvalue weighted by Crippen LogP contribution is 2.22. The standard InChI is InChI=1S/C14H19N3O2/c1-10-3-4-13-12(9-10)16-14(19-13)17(8-6-15)7-5-11(2)18/h3-4,9H,5-8,15H2,1-2H3. The summed E-state index contributed by atoms with van der Waals surface area (Å²) in [5.41, 5.74) is 8.32. The van der Waals surface area contributed by atoms with Crippen LogP contribution in [0.15, 0.2) is 22.6 Å². The molecule has 0 aliphatic heterocycles. The van der Waals surface area contributed by atoms with Crippen molar-refractivity contribution in [1.82, 2.24) is 4.98 Å². The molecule has 0 amide bonds. The van der Waals surface area contributed by atoms with E-state index in [1.165, 1.54) is 0 Å². The van der Waals surface area contributed by atoms with Crippen LogP contribution in [-0.4, -0.2) is 30.4 Å². The third-order valence-electron chi connectivity index (χ3n) is 2.94. The lowest BCUT2D eigenvalue weighted by molar-refractivity contribution is -0.116. The van der Waals surface area contributed by atoms with Crippen LogP contribution in [0.1, 0.15) is 18.9 Å². The van der Waals surface area contributed by atoms with Gasteiger partial charge in [0.2, 0.25) is 0 Å². The molecule has 2 N–H and O–H groups in total. The smallest absolute Gasteiger partial charge is 0.298 e. The van der Waals surface area contributed by atoms with Crippen molar-refractivity contribution in [3.05, 3.63) is 23.8 Å². The fourth-order valence-electron chi connectivity index (χ4n) is 1.91. The van der Waals surface area contributed by atoms with Gasteiger partial charge in [0.05, 0.1) is 0 Å². The van der Waals surface area contributed by atoms with Gasteiger partial charge in [0.1, 0.15) is 11.3 Å². The summed E-state index contributed by atoms with van der Waals surface area (Å²) in [7, 11) is 0.